The quantitative estimate of drug-likeness (QED) is 0.287. The number of aldehydes is 1. The first-order valence-corrected chi connectivity index (χ1v) is 16.4. The number of carboxylic acids is 1. The molecule has 42 heavy (non-hydrogen) atoms. The van der Waals surface area contributed by atoms with Crippen molar-refractivity contribution in [3.05, 3.63) is 28.7 Å². The number of carboxylic acid groups (broad SMARTS) is 1. The number of rotatable bonds is 10. The predicted molar refractivity (Wildman–Crippen MR) is 159 cm³/mol. The molecule has 0 spiro atoms. The Labute approximate surface area is 253 Å². The molecule has 9 heteroatoms. The van der Waals surface area contributed by atoms with E-state index in [-0.39, 0.29) is 36.6 Å². The van der Waals surface area contributed by atoms with Crippen LogP contribution in [0.5, 0.6) is 5.06 Å². The number of aliphatic carboxylic acids is 1. The highest BCUT2D eigenvalue weighted by Gasteiger charge is 2.84. The van der Waals surface area contributed by atoms with Crippen molar-refractivity contribution in [1.29, 1.82) is 0 Å². The summed E-state index contributed by atoms with van der Waals surface area (Å²) < 4.78 is 24.5. The number of thiophene rings is 1. The average Bonchev–Trinajstić information content (AvgIpc) is 3.66. The Kier molecular flexibility index (Phi) is 7.91. The first-order valence-electron chi connectivity index (χ1n) is 15.6. The van der Waals surface area contributed by atoms with Crippen LogP contribution < -0.4 is 4.74 Å². The Bertz CT molecular complexity index is 1230. The normalized spacial score (nSPS) is 42.8. The van der Waals surface area contributed by atoms with Crippen molar-refractivity contribution in [2.24, 2.45) is 45.8 Å². The predicted octanol–water partition coefficient (Wildman–Crippen LogP) is 5.26. The molecule has 3 saturated carbocycles. The molecule has 10 atom stereocenters. The van der Waals surface area contributed by atoms with Gasteiger partial charge in [0.1, 0.15) is 11.7 Å². The molecule has 232 valence electrons. The molecule has 1 saturated heterocycles. The summed E-state index contributed by atoms with van der Waals surface area (Å²) in [7, 11) is 3.39. The van der Waals surface area contributed by atoms with E-state index in [1.807, 2.05) is 13.0 Å². The van der Waals surface area contributed by atoms with Gasteiger partial charge in [-0.05, 0) is 67.9 Å². The van der Waals surface area contributed by atoms with Gasteiger partial charge in [-0.2, -0.15) is 0 Å². The van der Waals surface area contributed by atoms with Crippen LogP contribution in [0.4, 0.5) is 0 Å². The first-order chi connectivity index (χ1) is 20.1. The van der Waals surface area contributed by atoms with Crippen LogP contribution >= 0.6 is 11.3 Å². The molecule has 1 aliphatic heterocycles. The van der Waals surface area contributed by atoms with Gasteiger partial charge in [0, 0.05) is 37.0 Å². The van der Waals surface area contributed by atoms with Crippen LogP contribution in [0.15, 0.2) is 23.8 Å². The van der Waals surface area contributed by atoms with Gasteiger partial charge in [0.05, 0.1) is 31.3 Å². The second-order valence-electron chi connectivity index (χ2n) is 14.0. The number of nitrogens with zero attached hydrogens (tertiary/aromatic N) is 1. The van der Waals surface area contributed by atoms with E-state index in [0.29, 0.717) is 37.9 Å². The van der Waals surface area contributed by atoms with Gasteiger partial charge >= 0.3 is 5.97 Å². The SMILES string of the molecule is COc1ccc(CN2C[C@H](OCC34C[C@@H]5[C@H](C)CC[C@H]5[C@@]5(C=O)CC3C=C(C(C)C)[C@@]45C(=O)O)O[C@H](C)[C@@H](OC)C2)s1. The zero-order valence-corrected chi connectivity index (χ0v) is 26.7. The molecule has 1 N–H and O–H groups in total. The van der Waals surface area contributed by atoms with Gasteiger partial charge in [0.15, 0.2) is 11.4 Å². The van der Waals surface area contributed by atoms with Crippen LogP contribution in [0.3, 0.4) is 0 Å². The first kappa shape index (κ1) is 30.3. The lowest BCUT2D eigenvalue weighted by Gasteiger charge is -2.58. The molecule has 8 nitrogen and oxygen atoms in total. The number of allylic oxidation sites excluding steroid dienone is 1. The minimum atomic E-state index is -1.25. The summed E-state index contributed by atoms with van der Waals surface area (Å²) in [4.78, 5) is 30.5. The van der Waals surface area contributed by atoms with Crippen molar-refractivity contribution in [2.45, 2.75) is 78.4 Å². The topological polar surface area (TPSA) is 94.5 Å². The van der Waals surface area contributed by atoms with E-state index in [9.17, 15) is 14.7 Å². The smallest absolute Gasteiger partial charge is 0.315 e. The fourth-order valence-corrected chi connectivity index (χ4v) is 11.1. The summed E-state index contributed by atoms with van der Waals surface area (Å²) in [6.07, 6.45) is 5.79. The Balaban J connectivity index is 1.33. The molecule has 6 rings (SSSR count). The lowest BCUT2D eigenvalue weighted by Crippen LogP contribution is -2.63. The zero-order chi connectivity index (χ0) is 30.0. The second-order valence-corrected chi connectivity index (χ2v) is 15.1. The van der Waals surface area contributed by atoms with E-state index in [1.54, 1.807) is 25.6 Å². The van der Waals surface area contributed by atoms with Crippen molar-refractivity contribution in [1.82, 2.24) is 4.90 Å². The molecule has 4 aliphatic carbocycles. The fraction of sp³-hybridized carbons (Fsp3) is 0.758. The van der Waals surface area contributed by atoms with E-state index in [2.05, 4.69) is 37.8 Å². The van der Waals surface area contributed by atoms with Gasteiger partial charge in [-0.3, -0.25) is 9.69 Å². The van der Waals surface area contributed by atoms with Crippen LogP contribution in [0.2, 0.25) is 0 Å². The van der Waals surface area contributed by atoms with Crippen molar-refractivity contribution in [3.63, 3.8) is 0 Å². The van der Waals surface area contributed by atoms with Crippen molar-refractivity contribution < 1.29 is 33.6 Å². The summed E-state index contributed by atoms with van der Waals surface area (Å²) in [6, 6.07) is 4.07. The molecule has 1 aromatic rings. The van der Waals surface area contributed by atoms with Gasteiger partial charge in [0.2, 0.25) is 0 Å². The Hall–Kier alpha value is -1.78. The van der Waals surface area contributed by atoms with Crippen molar-refractivity contribution in [3.8, 4) is 5.06 Å². The molecule has 5 aliphatic rings. The molecule has 4 bridgehead atoms. The largest absolute Gasteiger partial charge is 0.487 e. The third-order valence-electron chi connectivity index (χ3n) is 11.9. The van der Waals surface area contributed by atoms with Crippen LogP contribution in [0.1, 0.15) is 58.3 Å². The molecule has 0 aromatic carbocycles. The van der Waals surface area contributed by atoms with Crippen molar-refractivity contribution in [2.75, 3.05) is 33.9 Å². The molecule has 4 fully saturated rings. The number of hydrogen-bond acceptors (Lipinski definition) is 8. The number of carbonyl (C=O) groups is 2. The number of hydrogen-bond donors (Lipinski definition) is 1. The maximum atomic E-state index is 13.8. The number of methoxy groups -OCH3 is 2. The third kappa shape index (κ3) is 4.13. The van der Waals surface area contributed by atoms with Gasteiger partial charge in [-0.15, -0.1) is 11.3 Å². The average molecular weight is 602 g/mol. The minimum Gasteiger partial charge on any atom is -0.487 e. The highest BCUT2D eigenvalue weighted by molar-refractivity contribution is 7.13. The van der Waals surface area contributed by atoms with Crippen LogP contribution in [-0.4, -0.2) is 74.7 Å². The lowest BCUT2D eigenvalue weighted by molar-refractivity contribution is -0.220. The van der Waals surface area contributed by atoms with E-state index >= 15 is 0 Å². The molecule has 2 heterocycles. The standard InChI is InChI=1S/C33H47NO7S/c1-19(2)26-11-22-12-31(17-35)25-9-7-20(3)24(25)13-32(22,33(26,31)30(36)37)18-40-28-16-34(15-27(38-5)21(4)41-28)14-23-8-10-29(39-6)42-23/h8,10-11,17,19-22,24-25,27-28H,7,9,12-16,18H2,1-6H3,(H,36,37)/t20-,21-,22?,24-,25-,27+,28-,31+,32?,33+/m1/s1. The molecule has 0 amide bonds. The highest BCUT2D eigenvalue weighted by Crippen LogP contribution is 2.82. The van der Waals surface area contributed by atoms with E-state index in [0.717, 1.165) is 36.2 Å². The zero-order valence-electron chi connectivity index (χ0n) is 25.8. The molecular weight excluding hydrogens is 554 g/mol. The minimum absolute atomic E-state index is 0.00129. The lowest BCUT2D eigenvalue weighted by atomic mass is 9.43. The molecule has 0 radical (unpaired) electrons. The van der Waals surface area contributed by atoms with Gasteiger partial charge in [-0.1, -0.05) is 38.8 Å². The van der Waals surface area contributed by atoms with Gasteiger partial charge in [0.25, 0.3) is 0 Å². The second kappa shape index (κ2) is 11.0. The molecular formula is C33H47NO7S. The summed E-state index contributed by atoms with van der Waals surface area (Å²) in [5, 5.41) is 12.1. The van der Waals surface area contributed by atoms with Gasteiger partial charge in [-0.25, -0.2) is 0 Å². The Morgan fingerprint density at radius 2 is 2.00 bits per heavy atom. The highest BCUT2D eigenvalue weighted by atomic mass is 32.1. The fourth-order valence-electron chi connectivity index (χ4n) is 10.2. The number of carbonyl (C=O) groups excluding carboxylic acids is 1. The summed E-state index contributed by atoms with van der Waals surface area (Å²) in [5.41, 5.74) is -1.88. The number of fused-ring (bicyclic) bond motifs is 2. The summed E-state index contributed by atoms with van der Waals surface area (Å²) in [6.45, 7) is 10.7. The van der Waals surface area contributed by atoms with E-state index < -0.39 is 28.5 Å². The van der Waals surface area contributed by atoms with Crippen LogP contribution in [0, 0.1) is 45.8 Å². The monoisotopic (exact) mass is 601 g/mol. The van der Waals surface area contributed by atoms with Crippen LogP contribution in [-0.2, 0) is 30.3 Å². The van der Waals surface area contributed by atoms with Gasteiger partial charge < -0.3 is 28.8 Å². The maximum absolute atomic E-state index is 13.8. The summed E-state index contributed by atoms with van der Waals surface area (Å²) >= 11 is 1.62. The summed E-state index contributed by atoms with van der Waals surface area (Å²) in [5.74, 6) is 0.0904. The Morgan fingerprint density at radius 1 is 1.21 bits per heavy atom. The van der Waals surface area contributed by atoms with Crippen LogP contribution in [0.25, 0.3) is 0 Å². The Morgan fingerprint density at radius 3 is 2.64 bits per heavy atom. The van der Waals surface area contributed by atoms with E-state index in [1.165, 1.54) is 4.88 Å². The van der Waals surface area contributed by atoms with Crippen molar-refractivity contribution >= 4 is 23.6 Å². The number of ether oxygens (including phenoxy) is 4. The molecule has 1 aromatic heterocycles. The third-order valence-corrected chi connectivity index (χ3v) is 12.9. The molecule has 2 unspecified atom stereocenters. The van der Waals surface area contributed by atoms with E-state index in [4.69, 9.17) is 18.9 Å². The maximum Gasteiger partial charge on any atom is 0.315 e.